The smallest absolute Gasteiger partial charge is 0.235 e. The maximum Gasteiger partial charge on any atom is 0.235 e. The number of benzene rings is 1. The van der Waals surface area contributed by atoms with Crippen LogP contribution in [0, 0.1) is 5.92 Å². The van der Waals surface area contributed by atoms with Crippen LogP contribution in [-0.4, -0.2) is 68.5 Å². The van der Waals surface area contributed by atoms with Crippen molar-refractivity contribution in [1.29, 1.82) is 0 Å². The Kier molecular flexibility index (Phi) is 15.2. The summed E-state index contributed by atoms with van der Waals surface area (Å²) >= 11 is 0. The Balaban J connectivity index is 0.0000109. The summed E-state index contributed by atoms with van der Waals surface area (Å²) in [6, 6.07) is 7.47. The zero-order valence-electron chi connectivity index (χ0n) is 21.5. The number of nitrogen functional groups attached to an aromatic ring is 1. The van der Waals surface area contributed by atoms with Crippen LogP contribution in [0.15, 0.2) is 24.3 Å². The summed E-state index contributed by atoms with van der Waals surface area (Å²) in [5, 5.41) is 5.74. The van der Waals surface area contributed by atoms with E-state index in [-0.39, 0.29) is 36.0 Å². The highest BCUT2D eigenvalue weighted by atomic mass is 35.5. The monoisotopic (exact) mass is 497 g/mol. The van der Waals surface area contributed by atoms with Gasteiger partial charge in [0, 0.05) is 44.7 Å². The number of amides is 3. The van der Waals surface area contributed by atoms with E-state index in [1.807, 2.05) is 29.2 Å². The van der Waals surface area contributed by atoms with Crippen molar-refractivity contribution in [2.24, 2.45) is 5.92 Å². The third-order valence-electron chi connectivity index (χ3n) is 5.84. The van der Waals surface area contributed by atoms with E-state index in [2.05, 4.69) is 31.5 Å². The van der Waals surface area contributed by atoms with Gasteiger partial charge in [0.1, 0.15) is 0 Å². The quantitative estimate of drug-likeness (QED) is 0.173. The summed E-state index contributed by atoms with van der Waals surface area (Å²) < 4.78 is 0.651. The van der Waals surface area contributed by atoms with Gasteiger partial charge in [-0.3, -0.25) is 14.4 Å². The molecule has 34 heavy (non-hydrogen) atoms. The van der Waals surface area contributed by atoms with Crippen LogP contribution in [0.5, 0.6) is 0 Å². The summed E-state index contributed by atoms with van der Waals surface area (Å²) in [6.07, 6.45) is 3.38. The van der Waals surface area contributed by atoms with Crippen LogP contribution in [0.25, 0.3) is 0 Å². The first-order chi connectivity index (χ1) is 15.6. The highest BCUT2D eigenvalue weighted by Gasteiger charge is 2.33. The molecule has 3 amide bonds. The summed E-state index contributed by atoms with van der Waals surface area (Å²) in [6.45, 7) is 11.2. The van der Waals surface area contributed by atoms with Crippen molar-refractivity contribution in [1.82, 2.24) is 10.6 Å². The van der Waals surface area contributed by atoms with Gasteiger partial charge in [0.2, 0.25) is 17.7 Å². The van der Waals surface area contributed by atoms with Gasteiger partial charge in [-0.25, -0.2) is 0 Å². The van der Waals surface area contributed by atoms with Crippen LogP contribution in [0.2, 0.25) is 0 Å². The SMILES string of the molecule is CCCC(C[N+](C)(CCCNC(C)=O)CCNC(C)=O)C(=O)N(CCC)c1ccc(N)cc1.[Cl-]. The molecule has 0 aromatic heterocycles. The minimum atomic E-state index is -0.137. The zero-order chi connectivity index (χ0) is 24.9. The molecule has 8 nitrogen and oxygen atoms in total. The maximum absolute atomic E-state index is 13.7. The Morgan fingerprint density at radius 1 is 0.971 bits per heavy atom. The lowest BCUT2D eigenvalue weighted by Gasteiger charge is -2.38. The predicted molar refractivity (Wildman–Crippen MR) is 135 cm³/mol. The Morgan fingerprint density at radius 3 is 2.09 bits per heavy atom. The largest absolute Gasteiger partial charge is 1.00 e. The maximum atomic E-state index is 13.7. The predicted octanol–water partition coefficient (Wildman–Crippen LogP) is -0.459. The van der Waals surface area contributed by atoms with Crippen LogP contribution in [0.3, 0.4) is 0 Å². The number of nitrogens with one attached hydrogen (secondary N) is 2. The number of hydrogen-bond acceptors (Lipinski definition) is 4. The zero-order valence-corrected chi connectivity index (χ0v) is 22.3. The third-order valence-corrected chi connectivity index (χ3v) is 5.84. The van der Waals surface area contributed by atoms with E-state index >= 15 is 0 Å². The minimum absolute atomic E-state index is 0. The first-order valence-corrected chi connectivity index (χ1v) is 12.1. The Bertz CT molecular complexity index is 759. The summed E-state index contributed by atoms with van der Waals surface area (Å²) in [5.41, 5.74) is 7.40. The van der Waals surface area contributed by atoms with E-state index in [0.717, 1.165) is 44.5 Å². The molecule has 0 saturated heterocycles. The molecule has 1 rings (SSSR count). The molecular formula is C25H44ClN5O3. The Hall–Kier alpha value is -2.32. The number of quaternary nitrogens is 1. The molecule has 1 aromatic carbocycles. The van der Waals surface area contributed by atoms with Gasteiger partial charge in [0.05, 0.1) is 39.1 Å². The molecule has 2 atom stereocenters. The van der Waals surface area contributed by atoms with Crippen molar-refractivity contribution < 1.29 is 31.3 Å². The first-order valence-electron chi connectivity index (χ1n) is 12.1. The fraction of sp³-hybridized carbons (Fsp3) is 0.640. The van der Waals surface area contributed by atoms with E-state index in [1.54, 1.807) is 0 Å². The molecule has 0 bridgehead atoms. The van der Waals surface area contributed by atoms with Gasteiger partial charge in [-0.15, -0.1) is 0 Å². The molecule has 2 unspecified atom stereocenters. The molecule has 4 N–H and O–H groups in total. The number of carbonyl (C=O) groups is 3. The van der Waals surface area contributed by atoms with Gasteiger partial charge in [-0.2, -0.15) is 0 Å². The molecular weight excluding hydrogens is 454 g/mol. The summed E-state index contributed by atoms with van der Waals surface area (Å²) in [7, 11) is 2.14. The average Bonchev–Trinajstić information content (AvgIpc) is 2.75. The van der Waals surface area contributed by atoms with Crippen LogP contribution >= 0.6 is 0 Å². The van der Waals surface area contributed by atoms with Gasteiger partial charge in [0.15, 0.2) is 0 Å². The molecule has 194 valence electrons. The van der Waals surface area contributed by atoms with Gasteiger partial charge in [-0.05, 0) is 37.1 Å². The highest BCUT2D eigenvalue weighted by Crippen LogP contribution is 2.23. The van der Waals surface area contributed by atoms with Crippen molar-refractivity contribution >= 4 is 29.1 Å². The standard InChI is InChI=1S/C25H43N5O3.ClH/c1-6-9-22(25(33)29(16-7-2)24-12-10-23(26)11-13-24)19-30(5,18-15-28-21(4)32)17-8-14-27-20(3)31;/h10-13,22H,6-9,14-19,26H2,1-5H3,(H-,27,28,31,32);1H. The molecule has 0 spiro atoms. The molecule has 1 aromatic rings. The van der Waals surface area contributed by atoms with Crippen molar-refractivity contribution in [2.75, 3.05) is 56.9 Å². The lowest BCUT2D eigenvalue weighted by molar-refractivity contribution is -0.910. The van der Waals surface area contributed by atoms with Gasteiger partial charge in [-0.1, -0.05) is 20.3 Å². The molecule has 9 heteroatoms. The fourth-order valence-corrected chi connectivity index (χ4v) is 4.16. The van der Waals surface area contributed by atoms with Crippen molar-refractivity contribution in [3.8, 4) is 0 Å². The lowest BCUT2D eigenvalue weighted by atomic mass is 9.99. The number of nitrogens with zero attached hydrogens (tertiary/aromatic N) is 2. The van der Waals surface area contributed by atoms with Crippen LogP contribution in [-0.2, 0) is 14.4 Å². The van der Waals surface area contributed by atoms with Gasteiger partial charge >= 0.3 is 0 Å². The number of likely N-dealkylation sites (N-methyl/N-ethyl adjacent to an activating group) is 1. The second kappa shape index (κ2) is 16.3. The van der Waals surface area contributed by atoms with E-state index in [0.29, 0.717) is 36.3 Å². The van der Waals surface area contributed by atoms with Crippen LogP contribution in [0.4, 0.5) is 11.4 Å². The molecule has 0 saturated carbocycles. The Labute approximate surface area is 211 Å². The number of rotatable bonds is 15. The number of carbonyl (C=O) groups excluding carboxylic acids is 3. The van der Waals surface area contributed by atoms with Crippen LogP contribution < -0.4 is 33.7 Å². The number of halogens is 1. The number of hydrogen-bond donors (Lipinski definition) is 3. The normalized spacial score (nSPS) is 13.2. The molecule has 0 aliphatic heterocycles. The average molecular weight is 498 g/mol. The molecule has 0 aliphatic carbocycles. The van der Waals surface area contributed by atoms with E-state index in [1.165, 1.54) is 13.8 Å². The topological polar surface area (TPSA) is 105 Å². The van der Waals surface area contributed by atoms with Gasteiger partial charge < -0.3 is 38.2 Å². The molecule has 0 heterocycles. The van der Waals surface area contributed by atoms with Crippen molar-refractivity contribution in [3.63, 3.8) is 0 Å². The minimum Gasteiger partial charge on any atom is -1.00 e. The summed E-state index contributed by atoms with van der Waals surface area (Å²) in [4.78, 5) is 38.3. The first kappa shape index (κ1) is 31.7. The van der Waals surface area contributed by atoms with Crippen molar-refractivity contribution in [3.05, 3.63) is 24.3 Å². The van der Waals surface area contributed by atoms with Gasteiger partial charge in [0.25, 0.3) is 0 Å². The number of nitrogens with two attached hydrogens (primary N) is 1. The van der Waals surface area contributed by atoms with Crippen molar-refractivity contribution in [2.45, 2.75) is 53.4 Å². The molecule has 0 aliphatic rings. The Morgan fingerprint density at radius 2 is 1.56 bits per heavy atom. The number of anilines is 2. The lowest BCUT2D eigenvalue weighted by Crippen LogP contribution is -3.00. The molecule has 0 fully saturated rings. The molecule has 0 radical (unpaired) electrons. The third kappa shape index (κ3) is 11.7. The van der Waals surface area contributed by atoms with Crippen LogP contribution in [0.1, 0.15) is 53.4 Å². The van der Waals surface area contributed by atoms with E-state index in [4.69, 9.17) is 5.73 Å². The highest BCUT2D eigenvalue weighted by molar-refractivity contribution is 5.95. The fourth-order valence-electron chi connectivity index (χ4n) is 4.16. The van der Waals surface area contributed by atoms with E-state index < -0.39 is 0 Å². The van der Waals surface area contributed by atoms with E-state index in [9.17, 15) is 14.4 Å². The second-order valence-corrected chi connectivity index (χ2v) is 9.14. The second-order valence-electron chi connectivity index (χ2n) is 9.14. The summed E-state index contributed by atoms with van der Waals surface area (Å²) in [5.74, 6) is -0.102.